The van der Waals surface area contributed by atoms with Gasteiger partial charge in [-0.25, -0.2) is 0 Å². The Balaban J connectivity index is 1.72. The van der Waals surface area contributed by atoms with Crippen molar-refractivity contribution in [3.63, 3.8) is 0 Å². The number of piperazine rings is 1. The predicted molar refractivity (Wildman–Crippen MR) is 93.9 cm³/mol. The lowest BCUT2D eigenvalue weighted by atomic mass is 10.2. The summed E-state index contributed by atoms with van der Waals surface area (Å²) >= 11 is 0. The Hall–Kier alpha value is -2.60. The van der Waals surface area contributed by atoms with Crippen LogP contribution in [-0.4, -0.2) is 61.0 Å². The van der Waals surface area contributed by atoms with E-state index in [1.807, 2.05) is 35.2 Å². The van der Waals surface area contributed by atoms with E-state index >= 15 is 0 Å². The van der Waals surface area contributed by atoms with Crippen molar-refractivity contribution in [2.24, 2.45) is 0 Å². The van der Waals surface area contributed by atoms with Gasteiger partial charge in [0.25, 0.3) is 5.91 Å². The van der Waals surface area contributed by atoms with E-state index < -0.39 is 0 Å². The summed E-state index contributed by atoms with van der Waals surface area (Å²) in [7, 11) is 3.71. The zero-order valence-corrected chi connectivity index (χ0v) is 14.0. The van der Waals surface area contributed by atoms with Gasteiger partial charge in [0.2, 0.25) is 0 Å². The SMILES string of the molecule is COc1cccc(Nc2ccnc(C(=O)N3CCN(C)CC3)c2)c1. The molecule has 0 bridgehead atoms. The third kappa shape index (κ3) is 3.83. The number of pyridine rings is 1. The molecule has 1 amide bonds. The van der Waals surface area contributed by atoms with E-state index in [-0.39, 0.29) is 5.91 Å². The van der Waals surface area contributed by atoms with Gasteiger partial charge in [0.05, 0.1) is 7.11 Å². The Bertz CT molecular complexity index is 712. The van der Waals surface area contributed by atoms with Crippen LogP contribution in [0.25, 0.3) is 0 Å². The molecule has 0 unspecified atom stereocenters. The van der Waals surface area contributed by atoms with Crippen molar-refractivity contribution in [2.75, 3.05) is 45.7 Å². The summed E-state index contributed by atoms with van der Waals surface area (Å²) in [5.74, 6) is 0.764. The monoisotopic (exact) mass is 326 g/mol. The van der Waals surface area contributed by atoms with Crippen molar-refractivity contribution >= 4 is 17.3 Å². The van der Waals surface area contributed by atoms with E-state index in [9.17, 15) is 4.79 Å². The minimum Gasteiger partial charge on any atom is -0.497 e. The summed E-state index contributed by atoms with van der Waals surface area (Å²) in [6.07, 6.45) is 1.66. The summed E-state index contributed by atoms with van der Waals surface area (Å²) in [6, 6.07) is 11.3. The average molecular weight is 326 g/mol. The number of likely N-dealkylation sites (N-methyl/N-ethyl adjacent to an activating group) is 1. The molecule has 1 fully saturated rings. The first-order chi connectivity index (χ1) is 11.7. The van der Waals surface area contributed by atoms with Crippen LogP contribution in [0.5, 0.6) is 5.75 Å². The summed E-state index contributed by atoms with van der Waals surface area (Å²) in [4.78, 5) is 20.9. The summed E-state index contributed by atoms with van der Waals surface area (Å²) in [5, 5.41) is 3.28. The normalized spacial score (nSPS) is 15.2. The van der Waals surface area contributed by atoms with Crippen molar-refractivity contribution in [3.8, 4) is 5.75 Å². The molecule has 2 heterocycles. The van der Waals surface area contributed by atoms with Gasteiger partial charge in [-0.3, -0.25) is 9.78 Å². The number of amides is 1. The number of methoxy groups -OCH3 is 1. The smallest absolute Gasteiger partial charge is 0.272 e. The van der Waals surface area contributed by atoms with Crippen LogP contribution in [0.4, 0.5) is 11.4 Å². The van der Waals surface area contributed by atoms with E-state index in [4.69, 9.17) is 4.74 Å². The zero-order valence-electron chi connectivity index (χ0n) is 14.0. The Morgan fingerprint density at radius 1 is 1.12 bits per heavy atom. The minimum absolute atomic E-state index is 0.0163. The van der Waals surface area contributed by atoms with Crippen LogP contribution in [0.3, 0.4) is 0 Å². The van der Waals surface area contributed by atoms with Crippen LogP contribution in [0.2, 0.25) is 0 Å². The van der Waals surface area contributed by atoms with Crippen molar-refractivity contribution in [3.05, 3.63) is 48.3 Å². The molecule has 1 aromatic heterocycles. The average Bonchev–Trinajstić information content (AvgIpc) is 2.62. The fourth-order valence-corrected chi connectivity index (χ4v) is 2.66. The van der Waals surface area contributed by atoms with Crippen molar-refractivity contribution in [1.82, 2.24) is 14.8 Å². The molecular weight excluding hydrogens is 304 g/mol. The van der Waals surface area contributed by atoms with Gasteiger partial charge >= 0.3 is 0 Å². The van der Waals surface area contributed by atoms with Crippen LogP contribution in [0, 0.1) is 0 Å². The highest BCUT2D eigenvalue weighted by molar-refractivity contribution is 5.93. The molecule has 0 atom stereocenters. The highest BCUT2D eigenvalue weighted by Crippen LogP contribution is 2.21. The number of carbonyl (C=O) groups is 1. The van der Waals surface area contributed by atoms with Crippen molar-refractivity contribution < 1.29 is 9.53 Å². The van der Waals surface area contributed by atoms with Gasteiger partial charge in [-0.2, -0.15) is 0 Å². The number of nitrogens with one attached hydrogen (secondary N) is 1. The molecule has 1 aliphatic heterocycles. The van der Waals surface area contributed by atoms with Crippen LogP contribution in [-0.2, 0) is 0 Å². The Morgan fingerprint density at radius 3 is 2.62 bits per heavy atom. The molecule has 1 saturated heterocycles. The molecule has 0 spiro atoms. The molecule has 3 rings (SSSR count). The van der Waals surface area contributed by atoms with Gasteiger partial charge in [0, 0.05) is 49.8 Å². The minimum atomic E-state index is -0.0163. The van der Waals surface area contributed by atoms with Crippen LogP contribution < -0.4 is 10.1 Å². The number of aromatic nitrogens is 1. The molecule has 0 aliphatic carbocycles. The van der Waals surface area contributed by atoms with Crippen LogP contribution in [0.15, 0.2) is 42.6 Å². The summed E-state index contributed by atoms with van der Waals surface area (Å²) in [5.41, 5.74) is 2.20. The lowest BCUT2D eigenvalue weighted by Gasteiger charge is -2.32. The number of rotatable bonds is 4. The molecule has 24 heavy (non-hydrogen) atoms. The largest absolute Gasteiger partial charge is 0.497 e. The second-order valence-electron chi connectivity index (χ2n) is 5.88. The van der Waals surface area contributed by atoms with Crippen molar-refractivity contribution in [2.45, 2.75) is 0 Å². The maximum atomic E-state index is 12.6. The Morgan fingerprint density at radius 2 is 1.88 bits per heavy atom. The number of ether oxygens (including phenoxy) is 1. The fraction of sp³-hybridized carbons (Fsp3) is 0.333. The Kier molecular flexibility index (Phi) is 4.96. The molecule has 6 nitrogen and oxygen atoms in total. The molecule has 1 aliphatic rings. The second kappa shape index (κ2) is 7.31. The predicted octanol–water partition coefficient (Wildman–Crippen LogP) is 2.22. The van der Waals surface area contributed by atoms with Gasteiger partial charge < -0.3 is 19.9 Å². The third-order valence-electron chi connectivity index (χ3n) is 4.13. The number of nitrogens with zero attached hydrogens (tertiary/aromatic N) is 3. The standard InChI is InChI=1S/C18H22N4O2/c1-21-8-10-22(11-9-21)18(23)17-13-15(6-7-19-17)20-14-4-3-5-16(12-14)24-2/h3-7,12-13H,8-11H2,1-2H3,(H,19,20). The fourth-order valence-electron chi connectivity index (χ4n) is 2.66. The van der Waals surface area contributed by atoms with Gasteiger partial charge in [-0.05, 0) is 31.3 Å². The molecule has 1 N–H and O–H groups in total. The van der Waals surface area contributed by atoms with E-state index in [1.54, 1.807) is 19.4 Å². The lowest BCUT2D eigenvalue weighted by Crippen LogP contribution is -2.47. The van der Waals surface area contributed by atoms with E-state index in [0.717, 1.165) is 43.3 Å². The van der Waals surface area contributed by atoms with Gasteiger partial charge in [0.15, 0.2) is 0 Å². The van der Waals surface area contributed by atoms with Gasteiger partial charge in [-0.1, -0.05) is 6.07 Å². The number of hydrogen-bond donors (Lipinski definition) is 1. The quantitative estimate of drug-likeness (QED) is 0.934. The molecule has 0 radical (unpaired) electrons. The van der Waals surface area contributed by atoms with Gasteiger partial charge in [-0.15, -0.1) is 0 Å². The van der Waals surface area contributed by atoms with Crippen molar-refractivity contribution in [1.29, 1.82) is 0 Å². The highest BCUT2D eigenvalue weighted by atomic mass is 16.5. The molecule has 6 heteroatoms. The molecule has 0 saturated carbocycles. The van der Waals surface area contributed by atoms with E-state index in [2.05, 4.69) is 22.2 Å². The first-order valence-corrected chi connectivity index (χ1v) is 8.00. The number of carbonyl (C=O) groups excluding carboxylic acids is 1. The lowest BCUT2D eigenvalue weighted by molar-refractivity contribution is 0.0658. The van der Waals surface area contributed by atoms with E-state index in [1.165, 1.54) is 0 Å². The summed E-state index contributed by atoms with van der Waals surface area (Å²) < 4.78 is 5.23. The summed E-state index contributed by atoms with van der Waals surface area (Å²) in [6.45, 7) is 3.27. The first-order valence-electron chi connectivity index (χ1n) is 8.00. The van der Waals surface area contributed by atoms with Crippen LogP contribution >= 0.6 is 0 Å². The molecular formula is C18H22N4O2. The molecule has 126 valence electrons. The van der Waals surface area contributed by atoms with E-state index in [0.29, 0.717) is 5.69 Å². The maximum Gasteiger partial charge on any atom is 0.272 e. The molecule has 2 aromatic rings. The Labute approximate surface area is 142 Å². The molecule has 1 aromatic carbocycles. The van der Waals surface area contributed by atoms with Gasteiger partial charge in [0.1, 0.15) is 11.4 Å². The maximum absolute atomic E-state index is 12.6. The number of benzene rings is 1. The first kappa shape index (κ1) is 16.3. The zero-order chi connectivity index (χ0) is 16.9. The topological polar surface area (TPSA) is 57.7 Å². The third-order valence-corrected chi connectivity index (χ3v) is 4.13. The highest BCUT2D eigenvalue weighted by Gasteiger charge is 2.21. The number of anilines is 2. The number of hydrogen-bond acceptors (Lipinski definition) is 5. The second-order valence-corrected chi connectivity index (χ2v) is 5.88. The van der Waals surface area contributed by atoms with Crippen LogP contribution in [0.1, 0.15) is 10.5 Å².